The lowest BCUT2D eigenvalue weighted by molar-refractivity contribution is -0.0334. The molecule has 2 aromatic heterocycles. The van der Waals surface area contributed by atoms with E-state index in [2.05, 4.69) is 57.3 Å². The third-order valence-electron chi connectivity index (χ3n) is 4.71. The molecule has 2 aromatic rings. The monoisotopic (exact) mass is 564 g/mol. The van der Waals surface area contributed by atoms with Gasteiger partial charge in [-0.05, 0) is 25.3 Å². The first-order valence-corrected chi connectivity index (χ1v) is 11.9. The van der Waals surface area contributed by atoms with Crippen LogP contribution in [0.2, 0.25) is 0 Å². The predicted molar refractivity (Wildman–Crippen MR) is 139 cm³/mol. The van der Waals surface area contributed by atoms with Crippen LogP contribution in [0, 0.1) is 0 Å². The molecule has 1 saturated heterocycles. The van der Waals surface area contributed by atoms with Gasteiger partial charge in [-0.3, -0.25) is 4.90 Å². The number of aromatic nitrogens is 1. The minimum atomic E-state index is 0. The molecule has 0 saturated carbocycles. The first kappa shape index (κ1) is 25.3. The second-order valence-electron chi connectivity index (χ2n) is 7.30. The summed E-state index contributed by atoms with van der Waals surface area (Å²) in [5.74, 6) is 0.828. The van der Waals surface area contributed by atoms with Gasteiger partial charge in [0.1, 0.15) is 0 Å². The molecule has 2 atom stereocenters. The number of halogens is 1. The lowest BCUT2D eigenvalue weighted by Crippen LogP contribution is -2.48. The van der Waals surface area contributed by atoms with E-state index >= 15 is 0 Å². The predicted octanol–water partition coefficient (Wildman–Crippen LogP) is 3.41. The van der Waals surface area contributed by atoms with E-state index in [9.17, 15) is 0 Å². The van der Waals surface area contributed by atoms with Gasteiger partial charge in [0.05, 0.1) is 31.0 Å². The van der Waals surface area contributed by atoms with Gasteiger partial charge in [-0.25, -0.2) is 9.98 Å². The van der Waals surface area contributed by atoms with Crippen LogP contribution in [-0.4, -0.2) is 68.8 Å². The number of ether oxygens (including phenoxy) is 1. The van der Waals surface area contributed by atoms with Gasteiger partial charge >= 0.3 is 0 Å². The number of aliphatic imine (C=N–C) groups is 1. The number of anilines is 1. The standard InChI is InChI=1S/C20H32N6OS2.HI/c1-5-21-19(22-11-16-14-29-20(24-16)25(3)4)23-12-17(18-7-6-10-28-18)26-8-9-27-15(2)13-26;/h6-7,10,14-15,17H,5,8-9,11-13H2,1-4H3,(H2,21,22,23);1H. The Labute approximate surface area is 204 Å². The van der Waals surface area contributed by atoms with Gasteiger partial charge in [0.25, 0.3) is 0 Å². The Morgan fingerprint density at radius 3 is 2.87 bits per heavy atom. The van der Waals surface area contributed by atoms with Crippen molar-refractivity contribution in [1.29, 1.82) is 0 Å². The van der Waals surface area contributed by atoms with Crippen molar-refractivity contribution in [2.45, 2.75) is 32.5 Å². The highest BCUT2D eigenvalue weighted by molar-refractivity contribution is 14.0. The zero-order chi connectivity index (χ0) is 20.6. The van der Waals surface area contributed by atoms with Crippen LogP contribution >= 0.6 is 46.7 Å². The lowest BCUT2D eigenvalue weighted by atomic mass is 10.1. The summed E-state index contributed by atoms with van der Waals surface area (Å²) in [4.78, 5) is 15.3. The number of nitrogens with zero attached hydrogens (tertiary/aromatic N) is 4. The average Bonchev–Trinajstić information content (AvgIpc) is 3.38. The first-order chi connectivity index (χ1) is 14.1. The minimum Gasteiger partial charge on any atom is -0.376 e. The zero-order valence-electron chi connectivity index (χ0n) is 18.1. The van der Waals surface area contributed by atoms with E-state index in [0.29, 0.717) is 12.6 Å². The van der Waals surface area contributed by atoms with E-state index in [4.69, 9.17) is 9.73 Å². The summed E-state index contributed by atoms with van der Waals surface area (Å²) >= 11 is 3.46. The van der Waals surface area contributed by atoms with Crippen LogP contribution in [0.25, 0.3) is 0 Å². The molecule has 0 aromatic carbocycles. The molecule has 0 radical (unpaired) electrons. The number of hydrogen-bond donors (Lipinski definition) is 2. The molecule has 30 heavy (non-hydrogen) atoms. The average molecular weight is 565 g/mol. The van der Waals surface area contributed by atoms with Crippen molar-refractivity contribution in [3.05, 3.63) is 33.5 Å². The molecule has 1 aliphatic rings. The van der Waals surface area contributed by atoms with Gasteiger partial charge in [0.15, 0.2) is 11.1 Å². The fraction of sp³-hybridized carbons (Fsp3) is 0.600. The first-order valence-electron chi connectivity index (χ1n) is 10.1. The van der Waals surface area contributed by atoms with Gasteiger partial charge in [0, 0.05) is 50.5 Å². The van der Waals surface area contributed by atoms with Crippen molar-refractivity contribution >= 4 is 57.7 Å². The molecule has 1 fully saturated rings. The summed E-state index contributed by atoms with van der Waals surface area (Å²) in [5, 5.41) is 12.1. The number of rotatable bonds is 8. The molecule has 0 bridgehead atoms. The number of nitrogens with one attached hydrogen (secondary N) is 2. The third-order valence-corrected chi connectivity index (χ3v) is 6.74. The Balaban J connectivity index is 0.00000320. The number of thiazole rings is 1. The van der Waals surface area contributed by atoms with Crippen LogP contribution in [0.15, 0.2) is 27.9 Å². The normalized spacial score (nSPS) is 18.5. The molecule has 0 aliphatic carbocycles. The van der Waals surface area contributed by atoms with Crippen molar-refractivity contribution in [2.75, 3.05) is 51.8 Å². The molecule has 0 amide bonds. The minimum absolute atomic E-state index is 0. The molecule has 3 rings (SSSR count). The van der Waals surface area contributed by atoms with Gasteiger partial charge in [-0.15, -0.1) is 46.7 Å². The molecule has 10 heteroatoms. The maximum Gasteiger partial charge on any atom is 0.191 e. The van der Waals surface area contributed by atoms with Crippen molar-refractivity contribution in [2.24, 2.45) is 4.99 Å². The third kappa shape index (κ3) is 7.33. The van der Waals surface area contributed by atoms with Gasteiger partial charge in [0.2, 0.25) is 0 Å². The van der Waals surface area contributed by atoms with Crippen LogP contribution in [0.5, 0.6) is 0 Å². The molecule has 0 spiro atoms. The quantitative estimate of drug-likeness (QED) is 0.291. The van der Waals surface area contributed by atoms with Gasteiger partial charge in [-0.2, -0.15) is 0 Å². The largest absolute Gasteiger partial charge is 0.376 e. The summed E-state index contributed by atoms with van der Waals surface area (Å²) in [5.41, 5.74) is 0.993. The van der Waals surface area contributed by atoms with Crippen LogP contribution < -0.4 is 15.5 Å². The molecule has 7 nitrogen and oxygen atoms in total. The van der Waals surface area contributed by atoms with Crippen molar-refractivity contribution in [3.8, 4) is 0 Å². The summed E-state index contributed by atoms with van der Waals surface area (Å²) in [6.45, 7) is 9.12. The topological polar surface area (TPSA) is 65.0 Å². The van der Waals surface area contributed by atoms with E-state index in [1.807, 2.05) is 30.3 Å². The molecular formula is C20H33IN6OS2. The maximum absolute atomic E-state index is 5.74. The van der Waals surface area contributed by atoms with Crippen LogP contribution in [0.4, 0.5) is 5.13 Å². The second kappa shape index (κ2) is 12.8. The summed E-state index contributed by atoms with van der Waals surface area (Å²) in [7, 11) is 4.02. The fourth-order valence-electron chi connectivity index (χ4n) is 3.29. The van der Waals surface area contributed by atoms with Crippen molar-refractivity contribution in [3.63, 3.8) is 0 Å². The molecule has 168 valence electrons. The molecule has 2 unspecified atom stereocenters. The summed E-state index contributed by atoms with van der Waals surface area (Å²) in [6.07, 6.45) is 0.267. The molecule has 1 aliphatic heterocycles. The van der Waals surface area contributed by atoms with E-state index < -0.39 is 0 Å². The summed E-state index contributed by atoms with van der Waals surface area (Å²) in [6, 6.07) is 4.66. The van der Waals surface area contributed by atoms with Gasteiger partial charge in [-0.1, -0.05) is 6.07 Å². The Morgan fingerprint density at radius 1 is 1.40 bits per heavy atom. The van der Waals surface area contributed by atoms with Crippen LogP contribution in [-0.2, 0) is 11.3 Å². The maximum atomic E-state index is 5.74. The highest BCUT2D eigenvalue weighted by atomic mass is 127. The highest BCUT2D eigenvalue weighted by Crippen LogP contribution is 2.26. The highest BCUT2D eigenvalue weighted by Gasteiger charge is 2.26. The molecule has 3 heterocycles. The van der Waals surface area contributed by atoms with Crippen molar-refractivity contribution in [1.82, 2.24) is 20.5 Å². The molecule has 2 N–H and O–H groups in total. The Hall–Kier alpha value is -0.950. The van der Waals surface area contributed by atoms with E-state index in [1.54, 1.807) is 11.3 Å². The number of thiophene rings is 1. The van der Waals surface area contributed by atoms with Crippen LogP contribution in [0.1, 0.15) is 30.5 Å². The molecular weight excluding hydrogens is 531 g/mol. The fourth-order valence-corrected chi connectivity index (χ4v) is 4.90. The van der Waals surface area contributed by atoms with Crippen LogP contribution in [0.3, 0.4) is 0 Å². The SMILES string of the molecule is CCNC(=NCc1csc(N(C)C)n1)NCC(c1cccs1)N1CCOC(C)C1.I. The second-order valence-corrected chi connectivity index (χ2v) is 9.12. The number of hydrogen-bond acceptors (Lipinski definition) is 7. The van der Waals surface area contributed by atoms with E-state index in [0.717, 1.165) is 49.6 Å². The van der Waals surface area contributed by atoms with E-state index in [-0.39, 0.29) is 30.1 Å². The lowest BCUT2D eigenvalue weighted by Gasteiger charge is -2.37. The number of morpholine rings is 1. The van der Waals surface area contributed by atoms with E-state index in [1.165, 1.54) is 4.88 Å². The summed E-state index contributed by atoms with van der Waals surface area (Å²) < 4.78 is 5.74. The van der Waals surface area contributed by atoms with Crippen molar-refractivity contribution < 1.29 is 4.74 Å². The zero-order valence-corrected chi connectivity index (χ0v) is 22.1. The Bertz CT molecular complexity index is 767. The Morgan fingerprint density at radius 2 is 2.23 bits per heavy atom. The number of guanidine groups is 1. The Kier molecular flexibility index (Phi) is 10.8. The smallest absolute Gasteiger partial charge is 0.191 e. The van der Waals surface area contributed by atoms with Gasteiger partial charge < -0.3 is 20.3 Å².